The van der Waals surface area contributed by atoms with Crippen molar-refractivity contribution >= 4 is 16.5 Å². The molecule has 0 atom stereocenters. The zero-order chi connectivity index (χ0) is 11.0. The molecule has 0 radical (unpaired) electrons. The van der Waals surface area contributed by atoms with E-state index in [2.05, 4.69) is 0 Å². The number of phenolic OH excluding ortho intramolecular Hbond substituents is 1. The first kappa shape index (κ1) is 9.77. The van der Waals surface area contributed by atoms with Gasteiger partial charge in [-0.2, -0.15) is 0 Å². The van der Waals surface area contributed by atoms with Crippen LogP contribution in [0.3, 0.4) is 0 Å². The molecule has 2 nitrogen and oxygen atoms in total. The average Bonchev–Trinajstić information content (AvgIpc) is 2.23. The number of halogens is 1. The van der Waals surface area contributed by atoms with Crippen molar-refractivity contribution in [3.05, 3.63) is 36.1 Å². The third kappa shape index (κ3) is 1.50. The lowest BCUT2D eigenvalue weighted by molar-refractivity contribution is 0.439. The first-order chi connectivity index (χ1) is 7.11. The molecular weight excluding hydrogens is 193 g/mol. The van der Waals surface area contributed by atoms with E-state index in [4.69, 9.17) is 0 Å². The van der Waals surface area contributed by atoms with Crippen LogP contribution in [0.25, 0.3) is 10.8 Å². The number of hydrogen-bond acceptors (Lipinski definition) is 2. The van der Waals surface area contributed by atoms with Crippen LogP contribution in [0, 0.1) is 5.82 Å². The van der Waals surface area contributed by atoms with Crippen LogP contribution in [0.2, 0.25) is 0 Å². The normalized spacial score (nSPS) is 10.6. The lowest BCUT2D eigenvalue weighted by Crippen LogP contribution is -2.09. The van der Waals surface area contributed by atoms with Gasteiger partial charge in [0.1, 0.15) is 0 Å². The molecule has 0 saturated carbocycles. The molecule has 0 fully saturated rings. The van der Waals surface area contributed by atoms with Crippen LogP contribution < -0.4 is 4.90 Å². The van der Waals surface area contributed by atoms with Crippen LogP contribution in [0.15, 0.2) is 30.3 Å². The third-order valence-electron chi connectivity index (χ3n) is 2.43. The van der Waals surface area contributed by atoms with Gasteiger partial charge in [-0.3, -0.25) is 0 Å². The Morgan fingerprint density at radius 2 is 1.87 bits per heavy atom. The molecule has 1 N–H and O–H groups in total. The van der Waals surface area contributed by atoms with Crippen molar-refractivity contribution in [3.63, 3.8) is 0 Å². The van der Waals surface area contributed by atoms with Gasteiger partial charge in [0.25, 0.3) is 0 Å². The van der Waals surface area contributed by atoms with E-state index in [1.54, 1.807) is 6.07 Å². The molecule has 3 heteroatoms. The van der Waals surface area contributed by atoms with E-state index in [-0.39, 0.29) is 5.75 Å². The van der Waals surface area contributed by atoms with Gasteiger partial charge >= 0.3 is 0 Å². The molecule has 78 valence electrons. The van der Waals surface area contributed by atoms with Gasteiger partial charge in [-0.15, -0.1) is 0 Å². The molecule has 0 spiro atoms. The van der Waals surface area contributed by atoms with E-state index in [1.807, 2.05) is 37.2 Å². The molecular formula is C12H12FNO. The minimum Gasteiger partial charge on any atom is -0.504 e. The number of phenols is 1. The number of rotatable bonds is 1. The van der Waals surface area contributed by atoms with Crippen molar-refractivity contribution in [3.8, 4) is 5.75 Å². The molecule has 0 aliphatic carbocycles. The van der Waals surface area contributed by atoms with Crippen molar-refractivity contribution in [2.75, 3.05) is 19.0 Å². The fraction of sp³-hybridized carbons (Fsp3) is 0.167. The van der Waals surface area contributed by atoms with Gasteiger partial charge in [0.15, 0.2) is 11.6 Å². The summed E-state index contributed by atoms with van der Waals surface area (Å²) in [6, 6.07) is 8.52. The molecule has 0 aliphatic rings. The number of hydrogen-bond donors (Lipinski definition) is 1. The lowest BCUT2D eigenvalue weighted by atomic mass is 10.1. The van der Waals surface area contributed by atoms with Gasteiger partial charge < -0.3 is 10.0 Å². The number of benzene rings is 2. The van der Waals surface area contributed by atoms with Crippen molar-refractivity contribution in [1.82, 2.24) is 0 Å². The summed E-state index contributed by atoms with van der Waals surface area (Å²) in [5.41, 5.74) is 0.810. The average molecular weight is 205 g/mol. The maximum Gasteiger partial charge on any atom is 0.165 e. The summed E-state index contributed by atoms with van der Waals surface area (Å²) in [6.45, 7) is 0. The Morgan fingerprint density at radius 1 is 1.13 bits per heavy atom. The summed E-state index contributed by atoms with van der Waals surface area (Å²) in [5, 5.41) is 11.1. The van der Waals surface area contributed by atoms with Crippen LogP contribution in [0.1, 0.15) is 0 Å². The van der Waals surface area contributed by atoms with Crippen LogP contribution in [-0.4, -0.2) is 19.2 Å². The third-order valence-corrected chi connectivity index (χ3v) is 2.43. The molecule has 0 heterocycles. The van der Waals surface area contributed by atoms with Crippen LogP contribution in [0.5, 0.6) is 5.75 Å². The standard InChI is InChI=1S/C12H12FNO/c1-14(2)10-5-3-4-8-6-7-9(13)12(15)11(8)10/h3-7,15H,1-2H3. The largest absolute Gasteiger partial charge is 0.504 e. The molecule has 0 bridgehead atoms. The Morgan fingerprint density at radius 3 is 2.53 bits per heavy atom. The maximum atomic E-state index is 13.2. The molecule has 0 amide bonds. The number of fused-ring (bicyclic) bond motifs is 1. The monoisotopic (exact) mass is 205 g/mol. The fourth-order valence-electron chi connectivity index (χ4n) is 1.69. The highest BCUT2D eigenvalue weighted by Crippen LogP contribution is 2.34. The summed E-state index contributed by atoms with van der Waals surface area (Å²) in [5.74, 6) is -0.867. The van der Waals surface area contributed by atoms with Gasteiger partial charge in [-0.1, -0.05) is 18.2 Å². The second-order valence-corrected chi connectivity index (χ2v) is 3.67. The SMILES string of the molecule is CN(C)c1cccc2ccc(F)c(O)c12. The number of aromatic hydroxyl groups is 1. The van der Waals surface area contributed by atoms with E-state index in [0.29, 0.717) is 5.39 Å². The molecule has 0 aliphatic heterocycles. The van der Waals surface area contributed by atoms with Crippen LogP contribution in [0.4, 0.5) is 10.1 Å². The van der Waals surface area contributed by atoms with Crippen molar-refractivity contribution in [1.29, 1.82) is 0 Å². The molecule has 2 aromatic carbocycles. The molecule has 15 heavy (non-hydrogen) atoms. The summed E-state index contributed by atoms with van der Waals surface area (Å²) in [6.07, 6.45) is 0. The second kappa shape index (κ2) is 3.42. The van der Waals surface area contributed by atoms with Crippen molar-refractivity contribution in [2.24, 2.45) is 0 Å². The topological polar surface area (TPSA) is 23.5 Å². The van der Waals surface area contributed by atoms with E-state index in [9.17, 15) is 9.50 Å². The summed E-state index contributed by atoms with van der Waals surface area (Å²) in [7, 11) is 3.72. The quantitative estimate of drug-likeness (QED) is 0.773. The Hall–Kier alpha value is -1.77. The summed E-state index contributed by atoms with van der Waals surface area (Å²) < 4.78 is 13.2. The number of anilines is 1. The van der Waals surface area contributed by atoms with Crippen molar-refractivity contribution < 1.29 is 9.50 Å². The smallest absolute Gasteiger partial charge is 0.165 e. The molecule has 2 aromatic rings. The van der Waals surface area contributed by atoms with Crippen LogP contribution >= 0.6 is 0 Å². The summed E-state index contributed by atoms with van der Waals surface area (Å²) in [4.78, 5) is 1.85. The van der Waals surface area contributed by atoms with E-state index >= 15 is 0 Å². The van der Waals surface area contributed by atoms with E-state index < -0.39 is 5.82 Å². The first-order valence-corrected chi connectivity index (χ1v) is 4.69. The fourth-order valence-corrected chi connectivity index (χ4v) is 1.69. The molecule has 0 aromatic heterocycles. The van der Waals surface area contributed by atoms with E-state index in [1.165, 1.54) is 6.07 Å². The second-order valence-electron chi connectivity index (χ2n) is 3.67. The zero-order valence-corrected chi connectivity index (χ0v) is 8.66. The first-order valence-electron chi connectivity index (χ1n) is 4.69. The van der Waals surface area contributed by atoms with E-state index in [0.717, 1.165) is 11.1 Å². The van der Waals surface area contributed by atoms with Gasteiger partial charge in [0.2, 0.25) is 0 Å². The maximum absolute atomic E-state index is 13.2. The molecule has 0 saturated heterocycles. The van der Waals surface area contributed by atoms with Gasteiger partial charge in [0.05, 0.1) is 0 Å². The highest BCUT2D eigenvalue weighted by Gasteiger charge is 2.10. The minimum atomic E-state index is -0.586. The van der Waals surface area contributed by atoms with Gasteiger partial charge in [-0.05, 0) is 17.5 Å². The minimum absolute atomic E-state index is 0.281. The Labute approximate surface area is 87.6 Å². The summed E-state index contributed by atoms with van der Waals surface area (Å²) >= 11 is 0. The predicted octanol–water partition coefficient (Wildman–Crippen LogP) is 2.75. The Balaban J connectivity index is 2.88. The van der Waals surface area contributed by atoms with Gasteiger partial charge in [0, 0.05) is 25.2 Å². The molecule has 0 unspecified atom stereocenters. The Kier molecular flexibility index (Phi) is 2.23. The van der Waals surface area contributed by atoms with Crippen molar-refractivity contribution in [2.45, 2.75) is 0 Å². The predicted molar refractivity (Wildman–Crippen MR) is 59.9 cm³/mol. The zero-order valence-electron chi connectivity index (χ0n) is 8.66. The van der Waals surface area contributed by atoms with Crippen LogP contribution in [-0.2, 0) is 0 Å². The highest BCUT2D eigenvalue weighted by atomic mass is 19.1. The van der Waals surface area contributed by atoms with Gasteiger partial charge in [-0.25, -0.2) is 4.39 Å². The number of nitrogens with zero attached hydrogens (tertiary/aromatic N) is 1. The molecule has 2 rings (SSSR count). The Bertz CT molecular complexity index is 508. The highest BCUT2D eigenvalue weighted by molar-refractivity contribution is 5.98. The lowest BCUT2D eigenvalue weighted by Gasteiger charge is -2.16.